The van der Waals surface area contributed by atoms with E-state index < -0.39 is 10.0 Å². The van der Waals surface area contributed by atoms with Gasteiger partial charge in [0.1, 0.15) is 0 Å². The monoisotopic (exact) mass is 354 g/mol. The average Bonchev–Trinajstić information content (AvgIpc) is 2.60. The van der Waals surface area contributed by atoms with Crippen LogP contribution in [0.3, 0.4) is 0 Å². The van der Waals surface area contributed by atoms with Crippen LogP contribution >= 0.6 is 0 Å². The van der Waals surface area contributed by atoms with Crippen molar-refractivity contribution >= 4 is 21.6 Å². The number of carbonyl (C=O) groups is 1. The lowest BCUT2D eigenvalue weighted by molar-refractivity contribution is 0.0553. The number of anilines is 1. The van der Waals surface area contributed by atoms with E-state index in [2.05, 4.69) is 4.72 Å². The van der Waals surface area contributed by atoms with Crippen LogP contribution in [-0.4, -0.2) is 51.3 Å². The molecule has 2 rings (SSSR count). The molecule has 0 saturated carbocycles. The molecule has 1 aromatic carbocycles. The van der Waals surface area contributed by atoms with Gasteiger partial charge in [-0.05, 0) is 56.9 Å². The third kappa shape index (κ3) is 4.95. The van der Waals surface area contributed by atoms with Gasteiger partial charge in [0, 0.05) is 37.6 Å². The number of hydrogen-bond donors (Lipinski definition) is 1. The van der Waals surface area contributed by atoms with Crippen molar-refractivity contribution in [2.24, 2.45) is 0 Å². The number of piperidine rings is 1. The van der Waals surface area contributed by atoms with Crippen LogP contribution in [0.25, 0.3) is 0 Å². The Morgan fingerprint density at radius 2 is 2.00 bits per heavy atom. The van der Waals surface area contributed by atoms with Crippen molar-refractivity contribution in [3.63, 3.8) is 0 Å². The largest absolute Gasteiger partial charge is 0.385 e. The molecule has 0 radical (unpaired) electrons. The van der Waals surface area contributed by atoms with Gasteiger partial charge in [0.05, 0.1) is 5.75 Å². The van der Waals surface area contributed by atoms with Crippen LogP contribution in [0.2, 0.25) is 0 Å². The molecule has 1 atom stereocenters. The van der Waals surface area contributed by atoms with E-state index in [4.69, 9.17) is 4.74 Å². The first-order valence-electron chi connectivity index (χ1n) is 8.37. The van der Waals surface area contributed by atoms with Crippen molar-refractivity contribution in [2.75, 3.05) is 30.7 Å². The number of nitrogens with one attached hydrogen (secondary N) is 1. The smallest absolute Gasteiger partial charge is 0.254 e. The molecule has 0 bridgehead atoms. The second-order valence-corrected chi connectivity index (χ2v) is 8.02. The Labute approximate surface area is 144 Å². The molecule has 1 heterocycles. The number of sulfonamides is 1. The van der Waals surface area contributed by atoms with Crippen molar-refractivity contribution in [1.82, 2.24) is 4.90 Å². The molecule has 1 aliphatic heterocycles. The minimum atomic E-state index is -3.30. The lowest BCUT2D eigenvalue weighted by Gasteiger charge is -2.36. The van der Waals surface area contributed by atoms with Crippen LogP contribution in [0.1, 0.15) is 43.0 Å². The van der Waals surface area contributed by atoms with E-state index in [0.717, 1.165) is 32.2 Å². The Bertz CT molecular complexity index is 643. The van der Waals surface area contributed by atoms with Crippen LogP contribution in [0.4, 0.5) is 5.69 Å². The molecule has 1 aromatic rings. The lowest BCUT2D eigenvalue weighted by Crippen LogP contribution is -2.44. The van der Waals surface area contributed by atoms with Gasteiger partial charge in [-0.15, -0.1) is 0 Å². The fourth-order valence-electron chi connectivity index (χ4n) is 2.92. The number of nitrogens with zero attached hydrogens (tertiary/aromatic N) is 1. The van der Waals surface area contributed by atoms with Crippen LogP contribution in [-0.2, 0) is 14.8 Å². The van der Waals surface area contributed by atoms with Crippen LogP contribution in [0, 0.1) is 0 Å². The summed E-state index contributed by atoms with van der Waals surface area (Å²) in [5, 5.41) is 0. The van der Waals surface area contributed by atoms with E-state index in [1.54, 1.807) is 38.3 Å². The molecule has 7 heteroatoms. The molecular formula is C17H26N2O4S. The Morgan fingerprint density at radius 3 is 2.62 bits per heavy atom. The van der Waals surface area contributed by atoms with Gasteiger partial charge in [-0.3, -0.25) is 9.52 Å². The Hall–Kier alpha value is -1.60. The van der Waals surface area contributed by atoms with Crippen LogP contribution in [0.15, 0.2) is 24.3 Å². The maximum atomic E-state index is 12.8. The molecule has 1 aliphatic rings. The number of hydrogen-bond acceptors (Lipinski definition) is 4. The molecule has 1 N–H and O–H groups in total. The number of amides is 1. The maximum Gasteiger partial charge on any atom is 0.254 e. The fourth-order valence-corrected chi connectivity index (χ4v) is 3.56. The van der Waals surface area contributed by atoms with Crippen LogP contribution < -0.4 is 4.72 Å². The van der Waals surface area contributed by atoms with E-state index >= 15 is 0 Å². The Kier molecular flexibility index (Phi) is 6.62. The molecule has 24 heavy (non-hydrogen) atoms. The summed E-state index contributed by atoms with van der Waals surface area (Å²) in [5.41, 5.74) is 1.06. The number of methoxy groups -OCH3 is 1. The van der Waals surface area contributed by atoms with Gasteiger partial charge in [-0.2, -0.15) is 0 Å². The van der Waals surface area contributed by atoms with Crippen molar-refractivity contribution < 1.29 is 17.9 Å². The third-order valence-electron chi connectivity index (χ3n) is 4.33. The second kappa shape index (κ2) is 8.48. The van der Waals surface area contributed by atoms with E-state index in [0.29, 0.717) is 17.9 Å². The molecule has 1 saturated heterocycles. The topological polar surface area (TPSA) is 75.7 Å². The molecule has 0 aliphatic carbocycles. The lowest BCUT2D eigenvalue weighted by atomic mass is 9.98. The normalized spacial score (nSPS) is 18.4. The summed E-state index contributed by atoms with van der Waals surface area (Å²) in [4.78, 5) is 14.7. The standard InChI is InChI=1S/C17H26N2O4S/c1-3-24(21,22)18-15-9-7-14(8-10-15)17(20)19-12-5-4-6-16(19)11-13-23-2/h7-10,16,18H,3-6,11-13H2,1-2H3/t16-/m1/s1. The van der Waals surface area contributed by atoms with E-state index in [1.807, 2.05) is 4.90 Å². The summed E-state index contributed by atoms with van der Waals surface area (Å²) in [5.74, 6) is 0.0172. The van der Waals surface area contributed by atoms with Gasteiger partial charge in [0.2, 0.25) is 10.0 Å². The minimum Gasteiger partial charge on any atom is -0.385 e. The number of likely N-dealkylation sites (tertiary alicyclic amines) is 1. The van der Waals surface area contributed by atoms with Crippen molar-refractivity contribution in [3.05, 3.63) is 29.8 Å². The highest BCUT2D eigenvalue weighted by molar-refractivity contribution is 7.92. The molecular weight excluding hydrogens is 328 g/mol. The predicted octanol–water partition coefficient (Wildman–Crippen LogP) is 2.48. The average molecular weight is 354 g/mol. The van der Waals surface area contributed by atoms with Crippen molar-refractivity contribution in [2.45, 2.75) is 38.6 Å². The molecule has 0 aromatic heterocycles. The number of carbonyl (C=O) groups excluding carboxylic acids is 1. The first kappa shape index (κ1) is 18.7. The number of benzene rings is 1. The fraction of sp³-hybridized carbons (Fsp3) is 0.588. The highest BCUT2D eigenvalue weighted by atomic mass is 32.2. The summed E-state index contributed by atoms with van der Waals surface area (Å²) >= 11 is 0. The zero-order chi connectivity index (χ0) is 17.6. The SMILES string of the molecule is CCS(=O)(=O)Nc1ccc(C(=O)N2CCCC[C@@H]2CCOC)cc1. The first-order valence-corrected chi connectivity index (χ1v) is 10.0. The quantitative estimate of drug-likeness (QED) is 0.816. The summed E-state index contributed by atoms with van der Waals surface area (Å²) in [6.07, 6.45) is 4.00. The van der Waals surface area contributed by atoms with Crippen LogP contribution in [0.5, 0.6) is 0 Å². The first-order chi connectivity index (χ1) is 11.5. The maximum absolute atomic E-state index is 12.8. The van der Waals surface area contributed by atoms with E-state index in [9.17, 15) is 13.2 Å². The third-order valence-corrected chi connectivity index (χ3v) is 5.64. The molecule has 1 fully saturated rings. The molecule has 0 unspecified atom stereocenters. The summed E-state index contributed by atoms with van der Waals surface area (Å²) in [6, 6.07) is 6.84. The van der Waals surface area contributed by atoms with Gasteiger partial charge in [-0.1, -0.05) is 0 Å². The highest BCUT2D eigenvalue weighted by Gasteiger charge is 2.27. The number of ether oxygens (including phenoxy) is 1. The molecule has 6 nitrogen and oxygen atoms in total. The number of rotatable bonds is 7. The van der Waals surface area contributed by atoms with E-state index in [-0.39, 0.29) is 17.7 Å². The molecule has 0 spiro atoms. The second-order valence-electron chi connectivity index (χ2n) is 6.01. The van der Waals surface area contributed by atoms with Crippen molar-refractivity contribution in [3.8, 4) is 0 Å². The van der Waals surface area contributed by atoms with Gasteiger partial charge < -0.3 is 9.64 Å². The molecule has 1 amide bonds. The summed E-state index contributed by atoms with van der Waals surface area (Å²) in [6.45, 7) is 2.99. The molecule has 134 valence electrons. The zero-order valence-corrected chi connectivity index (χ0v) is 15.1. The Morgan fingerprint density at radius 1 is 1.29 bits per heavy atom. The van der Waals surface area contributed by atoms with Gasteiger partial charge in [-0.25, -0.2) is 8.42 Å². The summed E-state index contributed by atoms with van der Waals surface area (Å²) in [7, 11) is -1.63. The van der Waals surface area contributed by atoms with E-state index in [1.165, 1.54) is 0 Å². The van der Waals surface area contributed by atoms with Gasteiger partial charge in [0.25, 0.3) is 5.91 Å². The highest BCUT2D eigenvalue weighted by Crippen LogP contribution is 2.23. The zero-order valence-electron chi connectivity index (χ0n) is 14.3. The van der Waals surface area contributed by atoms with Gasteiger partial charge in [0.15, 0.2) is 0 Å². The van der Waals surface area contributed by atoms with Gasteiger partial charge >= 0.3 is 0 Å². The minimum absolute atomic E-state index is 0.000650. The Balaban J connectivity index is 2.08. The van der Waals surface area contributed by atoms with Crippen molar-refractivity contribution in [1.29, 1.82) is 0 Å². The summed E-state index contributed by atoms with van der Waals surface area (Å²) < 4.78 is 30.8. The predicted molar refractivity (Wildman–Crippen MR) is 94.7 cm³/mol.